The highest BCUT2D eigenvalue weighted by Gasteiger charge is 2.44. The van der Waals surface area contributed by atoms with Gasteiger partial charge in [0.15, 0.2) is 0 Å². The normalized spacial score (nSPS) is 21.8. The van der Waals surface area contributed by atoms with Crippen molar-refractivity contribution in [3.63, 3.8) is 0 Å². The molecule has 4 aliphatic rings. The van der Waals surface area contributed by atoms with Crippen molar-refractivity contribution in [1.29, 1.82) is 0 Å². The molecule has 2 saturated heterocycles. The van der Waals surface area contributed by atoms with Crippen LogP contribution in [0.25, 0.3) is 33.6 Å². The third-order valence-electron chi connectivity index (χ3n) is 12.8. The molecule has 6 heterocycles. The van der Waals surface area contributed by atoms with Crippen molar-refractivity contribution in [2.24, 2.45) is 0 Å². The number of rotatable bonds is 12. The predicted molar refractivity (Wildman–Crippen MR) is 224 cm³/mol. The van der Waals surface area contributed by atoms with Gasteiger partial charge in [0.05, 0.1) is 62.3 Å². The predicted octanol–water partition coefficient (Wildman–Crippen LogP) is 5.54. The Kier molecular flexibility index (Phi) is 11.9. The molecule has 0 radical (unpaired) electrons. The summed E-state index contributed by atoms with van der Waals surface area (Å²) >= 11 is 0. The van der Waals surface area contributed by atoms with E-state index in [-0.39, 0.29) is 36.0 Å². The number of amides is 4. The smallest absolute Gasteiger partial charge is 0.407 e. The molecule has 0 unspecified atom stereocenters. The van der Waals surface area contributed by atoms with Crippen LogP contribution in [-0.2, 0) is 41.8 Å². The van der Waals surface area contributed by atoms with Gasteiger partial charge in [-0.25, -0.2) is 19.6 Å². The van der Waals surface area contributed by atoms with Crippen molar-refractivity contribution in [2.75, 3.05) is 28.4 Å². The first-order valence-electron chi connectivity index (χ1n) is 20.9. The molecule has 0 saturated carbocycles. The summed E-state index contributed by atoms with van der Waals surface area (Å²) in [6.07, 6.45) is 3.87. The molecule has 2 aromatic carbocycles. The Balaban J connectivity index is 1.03. The molecule has 4 aromatic rings. The summed E-state index contributed by atoms with van der Waals surface area (Å²) in [7, 11) is 5.50. The molecule has 8 rings (SSSR count). The summed E-state index contributed by atoms with van der Waals surface area (Å²) in [5.41, 5.74) is 7.19. The number of carbonyl (C=O) groups excluding carboxylic acids is 4. The number of methoxy groups -OCH3 is 4. The van der Waals surface area contributed by atoms with E-state index in [0.29, 0.717) is 37.7 Å². The van der Waals surface area contributed by atoms with Crippen LogP contribution in [0, 0.1) is 0 Å². The summed E-state index contributed by atoms with van der Waals surface area (Å²) in [5.74, 6) is 2.22. The topological polar surface area (TPSA) is 212 Å². The average Bonchev–Trinajstić information content (AvgIpc) is 4.12. The lowest BCUT2D eigenvalue weighted by Gasteiger charge is -2.33. The number of alkyl carbamates (subject to hydrolysis) is 2. The van der Waals surface area contributed by atoms with Crippen LogP contribution in [0.2, 0.25) is 0 Å². The number of imidazole rings is 2. The highest BCUT2D eigenvalue weighted by molar-refractivity contribution is 5.90. The third-order valence-corrected chi connectivity index (χ3v) is 12.8. The largest absolute Gasteiger partial charge is 0.488 e. The van der Waals surface area contributed by atoms with Crippen LogP contribution in [0.15, 0.2) is 36.7 Å². The van der Waals surface area contributed by atoms with Crippen molar-refractivity contribution < 1.29 is 47.6 Å². The Morgan fingerprint density at radius 2 is 1.06 bits per heavy atom. The van der Waals surface area contributed by atoms with Crippen LogP contribution in [0.3, 0.4) is 0 Å². The van der Waals surface area contributed by atoms with E-state index in [9.17, 15) is 19.2 Å². The summed E-state index contributed by atoms with van der Waals surface area (Å²) in [6.45, 7) is 8.08. The molecule has 330 valence electrons. The Morgan fingerprint density at radius 3 is 1.44 bits per heavy atom. The van der Waals surface area contributed by atoms with Crippen molar-refractivity contribution >= 4 is 24.0 Å². The number of carbonyl (C=O) groups is 4. The van der Waals surface area contributed by atoms with Gasteiger partial charge in [0.25, 0.3) is 0 Å². The lowest BCUT2D eigenvalue weighted by molar-refractivity contribution is -0.140. The third kappa shape index (κ3) is 7.69. The van der Waals surface area contributed by atoms with Crippen LogP contribution >= 0.6 is 0 Å². The van der Waals surface area contributed by atoms with Gasteiger partial charge in [0, 0.05) is 59.7 Å². The summed E-state index contributed by atoms with van der Waals surface area (Å²) in [6, 6.07) is 5.45. The molecule has 2 fully saturated rings. The minimum Gasteiger partial charge on any atom is -0.488 e. The zero-order valence-corrected chi connectivity index (χ0v) is 36.2. The second-order valence-electron chi connectivity index (χ2n) is 16.4. The molecular formula is C44H54N8O10. The molecule has 4 N–H and O–H groups in total. The number of ether oxygens (including phenoxy) is 6. The second kappa shape index (κ2) is 17.3. The van der Waals surface area contributed by atoms with Crippen molar-refractivity contribution in [2.45, 2.75) is 115 Å². The average molecular weight is 855 g/mol. The van der Waals surface area contributed by atoms with E-state index in [1.807, 2.05) is 26.0 Å². The van der Waals surface area contributed by atoms with Crippen LogP contribution in [0.1, 0.15) is 88.2 Å². The molecule has 0 bridgehead atoms. The number of hydrogen-bond donors (Lipinski definition) is 4. The highest BCUT2D eigenvalue weighted by atomic mass is 16.5. The molecule has 0 spiro atoms. The first kappa shape index (κ1) is 42.5. The SMILES string of the molecule is COC(=O)N[C@H](C(=O)N1[C@@H](C)CC[C@H]1c1ncc(-c2cc3c4c(c2)OCc2cc(-c5cnc([C@@H]6CC[C@H](C)N6C(=O)[C@@H](NC(=O)OC)[C@@H](C)OC)[nH]5)cc(c2-4)OC3)[nH]1)[C@@H](C)OC. The number of H-pyrrole nitrogens is 2. The fourth-order valence-corrected chi connectivity index (χ4v) is 9.27. The maximum atomic E-state index is 14.0. The summed E-state index contributed by atoms with van der Waals surface area (Å²) in [5, 5.41) is 5.29. The van der Waals surface area contributed by atoms with E-state index in [0.717, 1.165) is 69.1 Å². The lowest BCUT2D eigenvalue weighted by Crippen LogP contribution is -2.55. The van der Waals surface area contributed by atoms with Crippen LogP contribution in [0.4, 0.5) is 9.59 Å². The number of benzene rings is 2. The first-order valence-corrected chi connectivity index (χ1v) is 20.9. The van der Waals surface area contributed by atoms with Gasteiger partial charge in [-0.05, 0) is 77.6 Å². The molecule has 2 aromatic heterocycles. The number of nitrogens with zero attached hydrogens (tertiary/aromatic N) is 4. The van der Waals surface area contributed by atoms with Gasteiger partial charge in [-0.15, -0.1) is 0 Å². The molecule has 18 heteroatoms. The zero-order valence-electron chi connectivity index (χ0n) is 36.2. The second-order valence-corrected chi connectivity index (χ2v) is 16.4. The molecule has 62 heavy (non-hydrogen) atoms. The fourth-order valence-electron chi connectivity index (χ4n) is 9.27. The zero-order chi connectivity index (χ0) is 44.0. The van der Waals surface area contributed by atoms with Gasteiger partial charge < -0.3 is 58.8 Å². The van der Waals surface area contributed by atoms with Crippen LogP contribution in [-0.4, -0.2) is 119 Å². The highest BCUT2D eigenvalue weighted by Crippen LogP contribution is 2.51. The molecule has 4 amide bonds. The molecule has 8 atom stereocenters. The van der Waals surface area contributed by atoms with E-state index in [1.54, 1.807) is 36.0 Å². The number of likely N-dealkylation sites (tertiary alicyclic amines) is 2. The monoisotopic (exact) mass is 854 g/mol. The maximum Gasteiger partial charge on any atom is 0.407 e. The Morgan fingerprint density at radius 1 is 0.661 bits per heavy atom. The van der Waals surface area contributed by atoms with Gasteiger partial charge in [0.2, 0.25) is 11.8 Å². The van der Waals surface area contributed by atoms with Crippen molar-refractivity contribution in [3.05, 3.63) is 59.4 Å². The van der Waals surface area contributed by atoms with E-state index in [2.05, 4.69) is 32.7 Å². The first-order chi connectivity index (χ1) is 29.8. The van der Waals surface area contributed by atoms with E-state index < -0.39 is 36.5 Å². The maximum absolute atomic E-state index is 14.0. The quantitative estimate of drug-likeness (QED) is 0.138. The molecule has 4 aliphatic heterocycles. The molecule has 18 nitrogen and oxygen atoms in total. The van der Waals surface area contributed by atoms with E-state index in [1.165, 1.54) is 28.4 Å². The van der Waals surface area contributed by atoms with E-state index >= 15 is 0 Å². The molecule has 0 aliphatic carbocycles. The lowest BCUT2D eigenvalue weighted by atomic mass is 9.87. The number of aromatic amines is 2. The number of nitrogens with one attached hydrogen (secondary N) is 4. The standard InChI is InChI=1S/C44H54N8O10/c1-21-9-11-31(51(21)41(53)37(23(3)57-5)49-43(55)59-7)39-45-17-29(47-39)25-13-27-19-62-34-16-26(14-28-20-61-33(15-25)35(27)36(28)34)30-18-46-40(48-30)32-12-10-22(2)52(32)42(54)38(24(4)58-6)50-44(56)60-8/h13-18,21-24,31-32,37-38H,9-12,19-20H2,1-8H3,(H,45,47)(H,46,48)(H,49,55)(H,50,56)/t21-,22-,23+,24+,31-,32-,37-,38-/m0/s1. The van der Waals surface area contributed by atoms with Gasteiger partial charge in [-0.1, -0.05) is 0 Å². The van der Waals surface area contributed by atoms with Crippen LogP contribution < -0.4 is 20.1 Å². The van der Waals surface area contributed by atoms with Crippen molar-refractivity contribution in [1.82, 2.24) is 40.4 Å². The number of hydrogen-bond acceptors (Lipinski definition) is 12. The summed E-state index contributed by atoms with van der Waals surface area (Å²) < 4.78 is 33.4. The van der Waals surface area contributed by atoms with Crippen LogP contribution in [0.5, 0.6) is 11.5 Å². The summed E-state index contributed by atoms with van der Waals surface area (Å²) in [4.78, 5) is 72.3. The van der Waals surface area contributed by atoms with Gasteiger partial charge in [0.1, 0.15) is 48.4 Å². The van der Waals surface area contributed by atoms with Gasteiger partial charge in [-0.2, -0.15) is 0 Å². The van der Waals surface area contributed by atoms with E-state index in [4.69, 9.17) is 38.4 Å². The fraction of sp³-hybridized carbons (Fsp3) is 0.500. The number of aromatic nitrogens is 4. The Labute approximate surface area is 359 Å². The minimum absolute atomic E-state index is 0.0883. The van der Waals surface area contributed by atoms with Gasteiger partial charge >= 0.3 is 12.2 Å². The van der Waals surface area contributed by atoms with Crippen molar-refractivity contribution in [3.8, 4) is 45.1 Å². The Hall–Kier alpha value is -6.14. The van der Waals surface area contributed by atoms with Gasteiger partial charge in [-0.3, -0.25) is 9.59 Å². The molecular weight excluding hydrogens is 801 g/mol. The minimum atomic E-state index is -0.941. The Bertz CT molecular complexity index is 2150.